The molecule has 0 bridgehead atoms. The molecule has 164 valence electrons. The number of thioether (sulfide) groups is 1. The second-order valence-electron chi connectivity index (χ2n) is 6.94. The number of aromatic amines is 1. The van der Waals surface area contributed by atoms with E-state index >= 15 is 0 Å². The summed E-state index contributed by atoms with van der Waals surface area (Å²) in [6.07, 6.45) is 0.215. The molecule has 0 spiro atoms. The second kappa shape index (κ2) is 9.69. The highest BCUT2D eigenvalue weighted by Gasteiger charge is 2.12. The van der Waals surface area contributed by atoms with Gasteiger partial charge in [-0.3, -0.25) is 9.89 Å². The Kier molecular flexibility index (Phi) is 6.55. The Labute approximate surface area is 185 Å². The van der Waals surface area contributed by atoms with Crippen molar-refractivity contribution in [3.63, 3.8) is 0 Å². The van der Waals surface area contributed by atoms with Crippen LogP contribution in [0.3, 0.4) is 0 Å². The van der Waals surface area contributed by atoms with Crippen molar-refractivity contribution < 1.29 is 18.1 Å². The van der Waals surface area contributed by atoms with E-state index in [-0.39, 0.29) is 24.4 Å². The Morgan fingerprint density at radius 3 is 2.75 bits per heavy atom. The van der Waals surface area contributed by atoms with Gasteiger partial charge in [0.25, 0.3) is 0 Å². The van der Waals surface area contributed by atoms with Crippen molar-refractivity contribution in [1.29, 1.82) is 0 Å². The van der Waals surface area contributed by atoms with Gasteiger partial charge in [0.15, 0.2) is 11.6 Å². The summed E-state index contributed by atoms with van der Waals surface area (Å²) in [5.41, 5.74) is 2.13. The van der Waals surface area contributed by atoms with Crippen LogP contribution in [0.25, 0.3) is 11.4 Å². The Balaban J connectivity index is 1.26. The number of rotatable bonds is 8. The molecule has 0 radical (unpaired) electrons. The van der Waals surface area contributed by atoms with E-state index in [2.05, 4.69) is 30.6 Å². The van der Waals surface area contributed by atoms with Crippen molar-refractivity contribution >= 4 is 23.4 Å². The fourth-order valence-electron chi connectivity index (χ4n) is 2.88. The molecule has 0 saturated carbocycles. The highest BCUT2D eigenvalue weighted by molar-refractivity contribution is 7.98. The molecule has 1 amide bonds. The van der Waals surface area contributed by atoms with E-state index in [4.69, 9.17) is 4.52 Å². The number of aromatic nitrogens is 5. The molecule has 0 aliphatic rings. The standard InChI is InChI=1S/C21H18F2N6O2S/c1-12-3-2-4-13(7-12)20-26-21(28-27-20)32-11-17-25-19(31-29-17)6-5-18(30)24-16-9-14(22)8-15(23)10-16/h2-4,7-10H,5-6,11H2,1H3,(H,24,30)(H,26,27,28). The van der Waals surface area contributed by atoms with Crippen LogP contribution in [0.15, 0.2) is 52.1 Å². The van der Waals surface area contributed by atoms with Crippen molar-refractivity contribution in [2.24, 2.45) is 0 Å². The average molecular weight is 456 g/mol. The topological polar surface area (TPSA) is 110 Å². The van der Waals surface area contributed by atoms with E-state index in [9.17, 15) is 13.6 Å². The molecule has 0 aliphatic heterocycles. The van der Waals surface area contributed by atoms with Crippen molar-refractivity contribution in [3.8, 4) is 11.4 Å². The van der Waals surface area contributed by atoms with Gasteiger partial charge in [-0.2, -0.15) is 4.98 Å². The van der Waals surface area contributed by atoms with Gasteiger partial charge in [-0.25, -0.2) is 13.8 Å². The first-order valence-corrected chi connectivity index (χ1v) is 10.6. The summed E-state index contributed by atoms with van der Waals surface area (Å²) in [6.45, 7) is 2.01. The highest BCUT2D eigenvalue weighted by Crippen LogP contribution is 2.22. The SMILES string of the molecule is Cc1cccc(-c2nc(SCc3noc(CCC(=O)Nc4cc(F)cc(F)c4)n3)n[nH]2)c1. The molecule has 0 aliphatic carbocycles. The van der Waals surface area contributed by atoms with Crippen LogP contribution in [0.5, 0.6) is 0 Å². The fraction of sp³-hybridized carbons (Fsp3) is 0.190. The second-order valence-corrected chi connectivity index (χ2v) is 7.88. The number of nitrogens with one attached hydrogen (secondary N) is 2. The van der Waals surface area contributed by atoms with Gasteiger partial charge in [0.05, 0.1) is 5.75 Å². The monoisotopic (exact) mass is 456 g/mol. The lowest BCUT2D eigenvalue weighted by Crippen LogP contribution is -2.12. The van der Waals surface area contributed by atoms with E-state index in [0.717, 1.165) is 29.3 Å². The third-order valence-corrected chi connectivity index (χ3v) is 5.15. The number of nitrogens with zero attached hydrogens (tertiary/aromatic N) is 4. The van der Waals surface area contributed by atoms with E-state index < -0.39 is 17.5 Å². The molecular formula is C21H18F2N6O2S. The molecule has 0 saturated heterocycles. The minimum absolute atomic E-state index is 0.0215. The zero-order valence-electron chi connectivity index (χ0n) is 16.9. The predicted molar refractivity (Wildman–Crippen MR) is 114 cm³/mol. The van der Waals surface area contributed by atoms with E-state index in [1.807, 2.05) is 31.2 Å². The van der Waals surface area contributed by atoms with Crippen LogP contribution in [-0.2, 0) is 17.0 Å². The minimum atomic E-state index is -0.767. The summed E-state index contributed by atoms with van der Waals surface area (Å²) in [6, 6.07) is 10.7. The smallest absolute Gasteiger partial charge is 0.227 e. The maximum absolute atomic E-state index is 13.2. The Bertz CT molecular complexity index is 1220. The summed E-state index contributed by atoms with van der Waals surface area (Å²) in [7, 11) is 0. The Morgan fingerprint density at radius 1 is 1.16 bits per heavy atom. The first-order chi connectivity index (χ1) is 15.4. The first-order valence-electron chi connectivity index (χ1n) is 9.64. The largest absolute Gasteiger partial charge is 0.339 e. The molecule has 32 heavy (non-hydrogen) atoms. The van der Waals surface area contributed by atoms with Gasteiger partial charge >= 0.3 is 0 Å². The number of carbonyl (C=O) groups excluding carboxylic acids is 1. The van der Waals surface area contributed by atoms with Crippen molar-refractivity contribution in [2.45, 2.75) is 30.7 Å². The van der Waals surface area contributed by atoms with Gasteiger partial charge in [0.2, 0.25) is 17.0 Å². The predicted octanol–water partition coefficient (Wildman–Crippen LogP) is 4.30. The highest BCUT2D eigenvalue weighted by atomic mass is 32.2. The third kappa shape index (κ3) is 5.76. The van der Waals surface area contributed by atoms with Crippen LogP contribution in [0.4, 0.5) is 14.5 Å². The Hall–Kier alpha value is -3.60. The number of anilines is 1. The lowest BCUT2D eigenvalue weighted by atomic mass is 10.1. The van der Waals surface area contributed by atoms with Crippen LogP contribution < -0.4 is 5.32 Å². The van der Waals surface area contributed by atoms with Gasteiger partial charge in [-0.05, 0) is 25.1 Å². The molecule has 2 aromatic heterocycles. The zero-order chi connectivity index (χ0) is 22.5. The molecule has 2 N–H and O–H groups in total. The van der Waals surface area contributed by atoms with Crippen LogP contribution >= 0.6 is 11.8 Å². The van der Waals surface area contributed by atoms with E-state index in [1.54, 1.807) is 0 Å². The summed E-state index contributed by atoms with van der Waals surface area (Å²) in [5.74, 6) is -0.157. The van der Waals surface area contributed by atoms with Crippen molar-refractivity contribution in [3.05, 3.63) is 71.4 Å². The number of hydrogen-bond acceptors (Lipinski definition) is 7. The van der Waals surface area contributed by atoms with Crippen LogP contribution in [0.2, 0.25) is 0 Å². The maximum atomic E-state index is 13.2. The van der Waals surface area contributed by atoms with Crippen molar-refractivity contribution in [2.75, 3.05) is 5.32 Å². The number of aryl methyl sites for hydroxylation is 2. The average Bonchev–Trinajstić information content (AvgIpc) is 3.39. The molecule has 11 heteroatoms. The van der Waals surface area contributed by atoms with Gasteiger partial charge in [-0.1, -0.05) is 40.7 Å². The van der Waals surface area contributed by atoms with Crippen LogP contribution in [0, 0.1) is 18.6 Å². The molecule has 8 nitrogen and oxygen atoms in total. The summed E-state index contributed by atoms with van der Waals surface area (Å²) >= 11 is 1.35. The van der Waals surface area contributed by atoms with Gasteiger partial charge in [0.1, 0.15) is 11.6 Å². The van der Waals surface area contributed by atoms with E-state index in [1.165, 1.54) is 11.8 Å². The zero-order valence-corrected chi connectivity index (χ0v) is 17.7. The first kappa shape index (κ1) is 21.6. The lowest BCUT2D eigenvalue weighted by Gasteiger charge is -2.04. The maximum Gasteiger partial charge on any atom is 0.227 e. The molecular weight excluding hydrogens is 438 g/mol. The normalized spacial score (nSPS) is 11.0. The van der Waals surface area contributed by atoms with Crippen LogP contribution in [0.1, 0.15) is 23.7 Å². The summed E-state index contributed by atoms with van der Waals surface area (Å²) in [4.78, 5) is 20.7. The fourth-order valence-corrected chi connectivity index (χ4v) is 3.52. The molecule has 4 aromatic rings. The summed E-state index contributed by atoms with van der Waals surface area (Å²) < 4.78 is 31.5. The summed E-state index contributed by atoms with van der Waals surface area (Å²) in [5, 5.41) is 14.0. The number of carbonyl (C=O) groups is 1. The van der Waals surface area contributed by atoms with Gasteiger partial charge in [-0.15, -0.1) is 5.10 Å². The molecule has 2 aromatic carbocycles. The number of benzene rings is 2. The molecule has 0 unspecified atom stereocenters. The number of halogens is 2. The Morgan fingerprint density at radius 2 is 1.97 bits per heavy atom. The minimum Gasteiger partial charge on any atom is -0.339 e. The quantitative estimate of drug-likeness (QED) is 0.380. The van der Waals surface area contributed by atoms with Gasteiger partial charge < -0.3 is 9.84 Å². The number of amides is 1. The lowest BCUT2D eigenvalue weighted by molar-refractivity contribution is -0.116. The number of hydrogen-bond donors (Lipinski definition) is 2. The third-order valence-electron chi connectivity index (χ3n) is 4.31. The molecule has 0 fully saturated rings. The molecule has 2 heterocycles. The molecule has 4 rings (SSSR count). The van der Waals surface area contributed by atoms with Gasteiger partial charge in [0, 0.05) is 30.2 Å². The van der Waals surface area contributed by atoms with Crippen LogP contribution in [-0.4, -0.2) is 31.2 Å². The van der Waals surface area contributed by atoms with E-state index in [0.29, 0.717) is 22.6 Å². The van der Waals surface area contributed by atoms with Crippen molar-refractivity contribution in [1.82, 2.24) is 25.3 Å². The molecule has 0 atom stereocenters. The number of H-pyrrole nitrogens is 1.